The smallest absolute Gasteiger partial charge is 0.243 e. The maximum absolute atomic E-state index is 13.6. The highest BCUT2D eigenvalue weighted by Crippen LogP contribution is 2.29. The molecule has 0 saturated heterocycles. The van der Waals surface area contributed by atoms with Crippen LogP contribution in [0.15, 0.2) is 36.4 Å². The first-order chi connectivity index (χ1) is 9.97. The molecule has 0 aliphatic carbocycles. The predicted molar refractivity (Wildman–Crippen MR) is 84.7 cm³/mol. The summed E-state index contributed by atoms with van der Waals surface area (Å²) < 4.78 is 13.6. The fraction of sp³-hybridized carbons (Fsp3) is 0.133. The minimum atomic E-state index is -0.399. The Morgan fingerprint density at radius 1 is 1.19 bits per heavy atom. The van der Waals surface area contributed by atoms with Crippen molar-refractivity contribution in [3.8, 4) is 0 Å². The summed E-state index contributed by atoms with van der Waals surface area (Å²) >= 11 is 11.8. The summed E-state index contributed by atoms with van der Waals surface area (Å²) in [5.41, 5.74) is 1.50. The van der Waals surface area contributed by atoms with Crippen LogP contribution in [0, 0.1) is 12.7 Å². The lowest BCUT2D eigenvalue weighted by Gasteiger charge is -2.10. The lowest BCUT2D eigenvalue weighted by Crippen LogP contribution is -2.22. The van der Waals surface area contributed by atoms with Gasteiger partial charge in [-0.15, -0.1) is 0 Å². The average molecular weight is 327 g/mol. The van der Waals surface area contributed by atoms with Gasteiger partial charge in [-0.25, -0.2) is 4.39 Å². The molecule has 0 saturated carbocycles. The summed E-state index contributed by atoms with van der Waals surface area (Å²) in [6, 6.07) is 9.69. The van der Waals surface area contributed by atoms with E-state index in [0.29, 0.717) is 10.7 Å². The molecule has 0 bridgehead atoms. The summed E-state index contributed by atoms with van der Waals surface area (Å²) in [5.74, 6) is -0.747. The molecular weight excluding hydrogens is 314 g/mol. The summed E-state index contributed by atoms with van der Waals surface area (Å²) in [6.45, 7) is 1.71. The summed E-state index contributed by atoms with van der Waals surface area (Å²) in [4.78, 5) is 11.8. The van der Waals surface area contributed by atoms with Crippen LogP contribution in [0.2, 0.25) is 10.0 Å². The van der Waals surface area contributed by atoms with Crippen molar-refractivity contribution in [1.29, 1.82) is 0 Å². The monoisotopic (exact) mass is 326 g/mol. The molecule has 6 heteroatoms. The van der Waals surface area contributed by atoms with E-state index in [2.05, 4.69) is 10.6 Å². The molecule has 0 spiro atoms. The molecule has 21 heavy (non-hydrogen) atoms. The molecule has 2 rings (SSSR count). The van der Waals surface area contributed by atoms with Crippen LogP contribution in [0.5, 0.6) is 0 Å². The van der Waals surface area contributed by atoms with Crippen LogP contribution in [0.1, 0.15) is 5.56 Å². The van der Waals surface area contributed by atoms with Crippen LogP contribution < -0.4 is 10.6 Å². The number of halogens is 3. The van der Waals surface area contributed by atoms with E-state index in [1.807, 2.05) is 0 Å². The molecule has 0 atom stereocenters. The number of hydrogen-bond acceptors (Lipinski definition) is 2. The lowest BCUT2D eigenvalue weighted by atomic mass is 10.2. The lowest BCUT2D eigenvalue weighted by molar-refractivity contribution is -0.114. The molecule has 0 aromatic heterocycles. The Hall–Kier alpha value is -1.78. The van der Waals surface area contributed by atoms with E-state index in [-0.39, 0.29) is 23.2 Å². The highest BCUT2D eigenvalue weighted by molar-refractivity contribution is 6.44. The van der Waals surface area contributed by atoms with E-state index in [1.165, 1.54) is 6.07 Å². The fourth-order valence-electron chi connectivity index (χ4n) is 1.73. The zero-order valence-electron chi connectivity index (χ0n) is 11.2. The molecule has 1 amide bonds. The number of anilines is 2. The predicted octanol–water partition coefficient (Wildman–Crippen LogP) is 4.49. The van der Waals surface area contributed by atoms with Gasteiger partial charge in [0, 0.05) is 0 Å². The van der Waals surface area contributed by atoms with Crippen molar-refractivity contribution >= 4 is 40.5 Å². The van der Waals surface area contributed by atoms with Crippen molar-refractivity contribution in [1.82, 2.24) is 0 Å². The number of rotatable bonds is 4. The van der Waals surface area contributed by atoms with Gasteiger partial charge in [0.1, 0.15) is 5.82 Å². The minimum Gasteiger partial charge on any atom is -0.374 e. The Kier molecular flexibility index (Phi) is 5.04. The quantitative estimate of drug-likeness (QED) is 0.869. The van der Waals surface area contributed by atoms with Crippen molar-refractivity contribution in [3.05, 3.63) is 57.8 Å². The van der Waals surface area contributed by atoms with Gasteiger partial charge in [-0.2, -0.15) is 0 Å². The second-order valence-electron chi connectivity index (χ2n) is 4.49. The Balaban J connectivity index is 1.97. The fourth-order valence-corrected chi connectivity index (χ4v) is 2.08. The second kappa shape index (κ2) is 6.78. The highest BCUT2D eigenvalue weighted by Gasteiger charge is 2.09. The zero-order chi connectivity index (χ0) is 15.4. The second-order valence-corrected chi connectivity index (χ2v) is 5.27. The standard InChI is InChI=1S/C15H13Cl2FN2O/c1-9-5-6-12(11(18)7-9)19-8-14(21)20-13-4-2-3-10(16)15(13)17/h2-7,19H,8H2,1H3,(H,20,21). The van der Waals surface area contributed by atoms with Gasteiger partial charge in [-0.05, 0) is 36.8 Å². The first-order valence-electron chi connectivity index (χ1n) is 6.21. The van der Waals surface area contributed by atoms with E-state index in [4.69, 9.17) is 23.2 Å². The number of carbonyl (C=O) groups is 1. The number of carbonyl (C=O) groups excluding carboxylic acids is 1. The first kappa shape index (κ1) is 15.6. The van der Waals surface area contributed by atoms with Crippen LogP contribution in [-0.2, 0) is 4.79 Å². The summed E-state index contributed by atoms with van der Waals surface area (Å²) in [5, 5.41) is 5.97. The van der Waals surface area contributed by atoms with Crippen molar-refractivity contribution in [2.75, 3.05) is 17.2 Å². The van der Waals surface area contributed by atoms with Crippen LogP contribution in [0.3, 0.4) is 0 Å². The molecule has 110 valence electrons. The third-order valence-corrected chi connectivity index (χ3v) is 3.61. The van der Waals surface area contributed by atoms with Gasteiger partial charge in [0.25, 0.3) is 0 Å². The third kappa shape index (κ3) is 4.09. The molecule has 3 nitrogen and oxygen atoms in total. The van der Waals surface area contributed by atoms with E-state index < -0.39 is 5.82 Å². The van der Waals surface area contributed by atoms with Gasteiger partial charge in [0.05, 0.1) is 28.0 Å². The molecule has 0 fully saturated rings. The molecule has 2 N–H and O–H groups in total. The summed E-state index contributed by atoms with van der Waals surface area (Å²) in [6.07, 6.45) is 0. The molecule has 0 aliphatic rings. The molecule has 0 heterocycles. The van der Waals surface area contributed by atoms with Crippen LogP contribution in [0.25, 0.3) is 0 Å². The number of amides is 1. The van der Waals surface area contributed by atoms with E-state index in [9.17, 15) is 9.18 Å². The van der Waals surface area contributed by atoms with Crippen LogP contribution in [-0.4, -0.2) is 12.5 Å². The SMILES string of the molecule is Cc1ccc(NCC(=O)Nc2cccc(Cl)c2Cl)c(F)c1. The highest BCUT2D eigenvalue weighted by atomic mass is 35.5. The molecular formula is C15H13Cl2FN2O. The zero-order valence-corrected chi connectivity index (χ0v) is 12.7. The Bertz CT molecular complexity index is 677. The van der Waals surface area contributed by atoms with Gasteiger partial charge in [-0.1, -0.05) is 35.3 Å². The molecule has 0 radical (unpaired) electrons. The van der Waals surface area contributed by atoms with Crippen molar-refractivity contribution in [2.24, 2.45) is 0 Å². The maximum atomic E-state index is 13.6. The van der Waals surface area contributed by atoms with Gasteiger partial charge in [-0.3, -0.25) is 4.79 Å². The van der Waals surface area contributed by atoms with E-state index >= 15 is 0 Å². The van der Waals surface area contributed by atoms with Gasteiger partial charge in [0.2, 0.25) is 5.91 Å². The van der Waals surface area contributed by atoms with Gasteiger partial charge < -0.3 is 10.6 Å². The van der Waals surface area contributed by atoms with Crippen LogP contribution >= 0.6 is 23.2 Å². The first-order valence-corrected chi connectivity index (χ1v) is 6.97. The average Bonchev–Trinajstić information content (AvgIpc) is 2.43. The molecule has 0 aliphatic heterocycles. The van der Waals surface area contributed by atoms with Crippen LogP contribution in [0.4, 0.5) is 15.8 Å². The topological polar surface area (TPSA) is 41.1 Å². The molecule has 0 unspecified atom stereocenters. The van der Waals surface area contributed by atoms with Gasteiger partial charge >= 0.3 is 0 Å². The van der Waals surface area contributed by atoms with E-state index in [0.717, 1.165) is 5.56 Å². The Morgan fingerprint density at radius 3 is 2.67 bits per heavy atom. The van der Waals surface area contributed by atoms with Crippen molar-refractivity contribution < 1.29 is 9.18 Å². The van der Waals surface area contributed by atoms with Crippen molar-refractivity contribution in [2.45, 2.75) is 6.92 Å². The number of hydrogen-bond donors (Lipinski definition) is 2. The molecule has 2 aromatic carbocycles. The van der Waals surface area contributed by atoms with Gasteiger partial charge in [0.15, 0.2) is 0 Å². The van der Waals surface area contributed by atoms with Crippen molar-refractivity contribution in [3.63, 3.8) is 0 Å². The number of nitrogens with one attached hydrogen (secondary N) is 2. The Labute approximate surface area is 132 Å². The minimum absolute atomic E-state index is 0.0805. The van der Waals surface area contributed by atoms with E-state index in [1.54, 1.807) is 37.3 Å². The maximum Gasteiger partial charge on any atom is 0.243 e. The third-order valence-electron chi connectivity index (χ3n) is 2.79. The number of aryl methyl sites for hydroxylation is 1. The normalized spacial score (nSPS) is 10.3. The largest absolute Gasteiger partial charge is 0.374 e. The summed E-state index contributed by atoms with van der Waals surface area (Å²) in [7, 11) is 0. The molecule has 2 aromatic rings. The number of benzene rings is 2. The Morgan fingerprint density at radius 2 is 1.95 bits per heavy atom.